The normalized spacial score (nSPS) is 9.67. The van der Waals surface area contributed by atoms with E-state index in [1.54, 1.807) is 18.9 Å². The van der Waals surface area contributed by atoms with Crippen molar-refractivity contribution >= 4 is 35.8 Å². The fourth-order valence-electron chi connectivity index (χ4n) is 1.28. The SMILES string of the molecule is COCCNCC(=O)Nc1cccc(SC)c1.Cl. The van der Waals surface area contributed by atoms with Crippen LogP contribution in [-0.4, -0.2) is 39.0 Å². The van der Waals surface area contributed by atoms with E-state index in [0.717, 1.165) is 10.6 Å². The third-order valence-corrected chi connectivity index (χ3v) is 2.85. The molecule has 0 saturated heterocycles. The molecule has 0 heterocycles. The number of methoxy groups -OCH3 is 1. The Morgan fingerprint density at radius 3 is 2.89 bits per heavy atom. The number of carbonyl (C=O) groups excluding carboxylic acids is 1. The van der Waals surface area contributed by atoms with E-state index in [9.17, 15) is 4.79 Å². The number of anilines is 1. The molecular weight excluding hydrogens is 272 g/mol. The third-order valence-electron chi connectivity index (χ3n) is 2.12. The zero-order valence-electron chi connectivity index (χ0n) is 10.6. The van der Waals surface area contributed by atoms with Crippen LogP contribution in [0.3, 0.4) is 0 Å². The minimum absolute atomic E-state index is 0. The van der Waals surface area contributed by atoms with Crippen LogP contribution in [0.1, 0.15) is 0 Å². The molecule has 0 saturated carbocycles. The molecule has 4 nitrogen and oxygen atoms in total. The Kier molecular flexibility index (Phi) is 9.77. The lowest BCUT2D eigenvalue weighted by Gasteiger charge is -2.07. The average Bonchev–Trinajstić information content (AvgIpc) is 2.35. The second-order valence-corrected chi connectivity index (χ2v) is 4.33. The highest BCUT2D eigenvalue weighted by Crippen LogP contribution is 2.18. The van der Waals surface area contributed by atoms with Crippen LogP contribution in [0, 0.1) is 0 Å². The van der Waals surface area contributed by atoms with Crippen molar-refractivity contribution in [1.29, 1.82) is 0 Å². The predicted molar refractivity (Wildman–Crippen MR) is 78.8 cm³/mol. The molecule has 0 spiro atoms. The molecule has 0 aliphatic rings. The smallest absolute Gasteiger partial charge is 0.238 e. The number of benzene rings is 1. The molecule has 0 aliphatic carbocycles. The molecule has 1 aromatic rings. The minimum Gasteiger partial charge on any atom is -0.383 e. The topological polar surface area (TPSA) is 50.4 Å². The van der Waals surface area contributed by atoms with E-state index in [4.69, 9.17) is 4.74 Å². The summed E-state index contributed by atoms with van der Waals surface area (Å²) in [5.41, 5.74) is 0.829. The molecule has 0 unspecified atom stereocenters. The number of hydrogen-bond acceptors (Lipinski definition) is 4. The first-order valence-electron chi connectivity index (χ1n) is 5.40. The first kappa shape index (κ1) is 17.2. The predicted octanol–water partition coefficient (Wildman–Crippen LogP) is 2.00. The number of amides is 1. The molecule has 18 heavy (non-hydrogen) atoms. The van der Waals surface area contributed by atoms with Crippen LogP contribution in [0.25, 0.3) is 0 Å². The molecule has 0 aliphatic heterocycles. The van der Waals surface area contributed by atoms with E-state index in [1.807, 2.05) is 30.5 Å². The van der Waals surface area contributed by atoms with Crippen molar-refractivity contribution in [2.45, 2.75) is 4.90 Å². The van der Waals surface area contributed by atoms with Gasteiger partial charge in [-0.3, -0.25) is 4.79 Å². The Morgan fingerprint density at radius 1 is 1.44 bits per heavy atom. The lowest BCUT2D eigenvalue weighted by atomic mass is 10.3. The molecular formula is C12H19ClN2O2S. The number of carbonyl (C=O) groups is 1. The number of nitrogens with one attached hydrogen (secondary N) is 2. The molecule has 0 radical (unpaired) electrons. The second kappa shape index (κ2) is 10.2. The Bertz CT molecular complexity index is 364. The maximum absolute atomic E-state index is 11.6. The van der Waals surface area contributed by atoms with Gasteiger partial charge in [-0.25, -0.2) is 0 Å². The van der Waals surface area contributed by atoms with E-state index in [-0.39, 0.29) is 18.3 Å². The highest BCUT2D eigenvalue weighted by atomic mass is 35.5. The Morgan fingerprint density at radius 2 is 2.22 bits per heavy atom. The van der Waals surface area contributed by atoms with Crippen molar-refractivity contribution < 1.29 is 9.53 Å². The van der Waals surface area contributed by atoms with Crippen LogP contribution in [0.2, 0.25) is 0 Å². The van der Waals surface area contributed by atoms with Gasteiger partial charge in [-0.1, -0.05) is 6.07 Å². The minimum atomic E-state index is -0.0423. The van der Waals surface area contributed by atoms with Crippen molar-refractivity contribution in [2.75, 3.05) is 38.4 Å². The number of rotatable bonds is 7. The van der Waals surface area contributed by atoms with Gasteiger partial charge >= 0.3 is 0 Å². The Labute approximate surface area is 118 Å². The molecule has 0 aromatic heterocycles. The van der Waals surface area contributed by atoms with Gasteiger partial charge in [0.15, 0.2) is 0 Å². The van der Waals surface area contributed by atoms with Crippen molar-refractivity contribution in [3.63, 3.8) is 0 Å². The van der Waals surface area contributed by atoms with Gasteiger partial charge in [0.05, 0.1) is 13.2 Å². The maximum atomic E-state index is 11.6. The van der Waals surface area contributed by atoms with Gasteiger partial charge in [-0.2, -0.15) is 0 Å². The molecule has 0 atom stereocenters. The summed E-state index contributed by atoms with van der Waals surface area (Å²) in [6.45, 7) is 1.58. The molecule has 2 N–H and O–H groups in total. The quantitative estimate of drug-likeness (QED) is 0.596. The molecule has 102 valence electrons. The molecule has 1 rings (SSSR count). The van der Waals surface area contributed by atoms with Crippen LogP contribution in [0.5, 0.6) is 0 Å². The number of hydrogen-bond donors (Lipinski definition) is 2. The van der Waals surface area contributed by atoms with Gasteiger partial charge in [-0.15, -0.1) is 24.2 Å². The van der Waals surface area contributed by atoms with Gasteiger partial charge in [0, 0.05) is 24.2 Å². The summed E-state index contributed by atoms with van der Waals surface area (Å²) in [6, 6.07) is 7.78. The molecule has 1 aromatic carbocycles. The van der Waals surface area contributed by atoms with E-state index in [1.165, 1.54) is 0 Å². The van der Waals surface area contributed by atoms with Crippen molar-refractivity contribution in [3.05, 3.63) is 24.3 Å². The van der Waals surface area contributed by atoms with Crippen LogP contribution < -0.4 is 10.6 Å². The number of halogens is 1. The average molecular weight is 291 g/mol. The summed E-state index contributed by atoms with van der Waals surface area (Å²) in [5.74, 6) is -0.0423. The highest BCUT2D eigenvalue weighted by molar-refractivity contribution is 7.98. The molecule has 0 fully saturated rings. The summed E-state index contributed by atoms with van der Waals surface area (Å²) < 4.78 is 4.88. The van der Waals surface area contributed by atoms with Gasteiger partial charge in [0.2, 0.25) is 5.91 Å². The second-order valence-electron chi connectivity index (χ2n) is 3.45. The van der Waals surface area contributed by atoms with E-state index in [0.29, 0.717) is 19.7 Å². The van der Waals surface area contributed by atoms with Crippen LogP contribution in [-0.2, 0) is 9.53 Å². The van der Waals surface area contributed by atoms with Gasteiger partial charge < -0.3 is 15.4 Å². The van der Waals surface area contributed by atoms with E-state index in [2.05, 4.69) is 10.6 Å². The fourth-order valence-corrected chi connectivity index (χ4v) is 1.74. The van der Waals surface area contributed by atoms with Gasteiger partial charge in [0.25, 0.3) is 0 Å². The number of ether oxygens (including phenoxy) is 1. The summed E-state index contributed by atoms with van der Waals surface area (Å²) >= 11 is 1.65. The monoisotopic (exact) mass is 290 g/mol. The Hall–Kier alpha value is -0.750. The lowest BCUT2D eigenvalue weighted by molar-refractivity contribution is -0.115. The summed E-state index contributed by atoms with van der Waals surface area (Å²) in [6.07, 6.45) is 2.01. The van der Waals surface area contributed by atoms with E-state index < -0.39 is 0 Å². The lowest BCUT2D eigenvalue weighted by Crippen LogP contribution is -2.30. The van der Waals surface area contributed by atoms with Crippen molar-refractivity contribution in [2.24, 2.45) is 0 Å². The molecule has 0 bridgehead atoms. The third kappa shape index (κ3) is 6.86. The molecule has 1 amide bonds. The van der Waals surface area contributed by atoms with Crippen molar-refractivity contribution in [3.8, 4) is 0 Å². The van der Waals surface area contributed by atoms with E-state index >= 15 is 0 Å². The zero-order valence-corrected chi connectivity index (χ0v) is 12.2. The number of thioether (sulfide) groups is 1. The van der Waals surface area contributed by atoms with Crippen LogP contribution in [0.4, 0.5) is 5.69 Å². The van der Waals surface area contributed by atoms with Gasteiger partial charge in [0.1, 0.15) is 0 Å². The first-order chi connectivity index (χ1) is 8.26. The van der Waals surface area contributed by atoms with Gasteiger partial charge in [-0.05, 0) is 24.5 Å². The summed E-state index contributed by atoms with van der Waals surface area (Å²) in [7, 11) is 1.63. The first-order valence-corrected chi connectivity index (χ1v) is 6.62. The standard InChI is InChI=1S/C12H18N2O2S.ClH/c1-16-7-6-13-9-12(15)14-10-4-3-5-11(8-10)17-2;/h3-5,8,13H,6-7,9H2,1-2H3,(H,14,15);1H. The highest BCUT2D eigenvalue weighted by Gasteiger charge is 2.01. The summed E-state index contributed by atoms with van der Waals surface area (Å²) in [5, 5.41) is 5.83. The van der Waals surface area contributed by atoms with Crippen LogP contribution >= 0.6 is 24.2 Å². The summed E-state index contributed by atoms with van der Waals surface area (Å²) in [4.78, 5) is 12.7. The fraction of sp³-hybridized carbons (Fsp3) is 0.417. The van der Waals surface area contributed by atoms with Crippen LogP contribution in [0.15, 0.2) is 29.2 Å². The zero-order chi connectivity index (χ0) is 12.5. The largest absolute Gasteiger partial charge is 0.383 e. The van der Waals surface area contributed by atoms with Crippen molar-refractivity contribution in [1.82, 2.24) is 5.32 Å². The maximum Gasteiger partial charge on any atom is 0.238 e. The Balaban J connectivity index is 0.00000289. The molecule has 6 heteroatoms.